The summed E-state index contributed by atoms with van der Waals surface area (Å²) in [5.74, 6) is -3.70. The highest BCUT2D eigenvalue weighted by atomic mass is 32.2. The maximum atomic E-state index is 14.8. The van der Waals surface area contributed by atoms with Crippen LogP contribution < -0.4 is 20.1 Å². The number of hydrogen-bond donors (Lipinski definition) is 3. The fourth-order valence-electron chi connectivity index (χ4n) is 7.05. The highest BCUT2D eigenvalue weighted by Gasteiger charge is 2.63. The molecule has 2 aromatic heterocycles. The highest BCUT2D eigenvalue weighted by molar-refractivity contribution is 7.91. The van der Waals surface area contributed by atoms with Crippen molar-refractivity contribution in [2.24, 2.45) is 5.92 Å². The Balaban J connectivity index is 1.21. The standard InChI is InChI=1S/C36H42FN7O8S/c1-3-24-32(40-29-23(37)11-9-13-25(29)38-24)52-22-18-28-31(46)41-36(34(48)43-53(49,50)35(2)15-16-35)19-21(36)10-7-5-4-6-8-12-27(33(47)44(28)20-22)39-30(45)26-14-17-51-42-26/h7,9-11,13-14,17,21-22,27-28H,3-6,8,12,15-16,18-20H2,1-2H3,(H,39,45)(H,41,46)(H,43,48)/b10-7-/t21?,22-,27+,28+,36-/m1/s1. The molecule has 53 heavy (non-hydrogen) atoms. The van der Waals surface area contributed by atoms with Gasteiger partial charge in [-0.2, -0.15) is 0 Å². The molecule has 1 saturated heterocycles. The van der Waals surface area contributed by atoms with Crippen molar-refractivity contribution in [3.8, 4) is 5.88 Å². The van der Waals surface area contributed by atoms with E-state index in [-0.39, 0.29) is 42.9 Å². The Kier molecular flexibility index (Phi) is 9.72. The van der Waals surface area contributed by atoms with E-state index in [0.29, 0.717) is 43.3 Å². The van der Waals surface area contributed by atoms with Gasteiger partial charge in [0.2, 0.25) is 27.7 Å². The van der Waals surface area contributed by atoms with Crippen LogP contribution in [-0.2, 0) is 30.8 Å². The average Bonchev–Trinajstić information content (AvgIpc) is 3.87. The van der Waals surface area contributed by atoms with E-state index in [9.17, 15) is 32.0 Å². The molecule has 3 N–H and O–H groups in total. The maximum Gasteiger partial charge on any atom is 0.274 e. The molecule has 15 nitrogen and oxygen atoms in total. The lowest BCUT2D eigenvalue weighted by atomic mass is 10.0. The summed E-state index contributed by atoms with van der Waals surface area (Å²) >= 11 is 0. The largest absolute Gasteiger partial charge is 0.471 e. The molecule has 0 spiro atoms. The highest BCUT2D eigenvalue weighted by Crippen LogP contribution is 2.47. The number of aryl methyl sites for hydroxylation is 1. The van der Waals surface area contributed by atoms with Gasteiger partial charge < -0.3 is 24.8 Å². The Labute approximate surface area is 305 Å². The Morgan fingerprint density at radius 2 is 1.96 bits per heavy atom. The van der Waals surface area contributed by atoms with Crippen LogP contribution in [0.3, 0.4) is 0 Å². The lowest BCUT2D eigenvalue weighted by molar-refractivity contribution is -0.141. The molecule has 5 atom stereocenters. The number of sulfonamides is 1. The Morgan fingerprint density at radius 1 is 1.15 bits per heavy atom. The fraction of sp³-hybridized carbons (Fsp3) is 0.528. The van der Waals surface area contributed by atoms with Gasteiger partial charge in [-0.15, -0.1) is 0 Å². The number of fused-ring (bicyclic) bond motifs is 3. The minimum Gasteiger partial charge on any atom is -0.471 e. The quantitative estimate of drug-likeness (QED) is 0.286. The lowest BCUT2D eigenvalue weighted by Gasteiger charge is -2.30. The van der Waals surface area contributed by atoms with Gasteiger partial charge in [0.05, 0.1) is 16.8 Å². The van der Waals surface area contributed by atoms with Crippen LogP contribution in [0.4, 0.5) is 4.39 Å². The zero-order chi connectivity index (χ0) is 37.5. The third kappa shape index (κ3) is 7.22. The second-order valence-corrected chi connectivity index (χ2v) is 16.7. The number of nitrogens with zero attached hydrogens (tertiary/aromatic N) is 4. The molecule has 4 aliphatic rings. The van der Waals surface area contributed by atoms with Gasteiger partial charge in [-0.05, 0) is 64.0 Å². The predicted octanol–water partition coefficient (Wildman–Crippen LogP) is 2.86. The number of ether oxygens (including phenoxy) is 1. The van der Waals surface area contributed by atoms with E-state index in [1.165, 1.54) is 29.4 Å². The lowest BCUT2D eigenvalue weighted by Crippen LogP contribution is -2.58. The Bertz CT molecular complexity index is 2070. The van der Waals surface area contributed by atoms with Crippen LogP contribution in [0.5, 0.6) is 5.88 Å². The van der Waals surface area contributed by atoms with Crippen LogP contribution in [0, 0.1) is 11.7 Å². The van der Waals surface area contributed by atoms with Crippen molar-refractivity contribution in [1.29, 1.82) is 0 Å². The van der Waals surface area contributed by atoms with E-state index in [2.05, 4.69) is 30.5 Å². The number of nitrogens with one attached hydrogen (secondary N) is 3. The number of allylic oxidation sites excluding steroid dienone is 1. The molecule has 17 heteroatoms. The summed E-state index contributed by atoms with van der Waals surface area (Å²) in [6, 6.07) is 3.56. The van der Waals surface area contributed by atoms with Gasteiger partial charge in [-0.25, -0.2) is 22.8 Å². The van der Waals surface area contributed by atoms with Crippen molar-refractivity contribution < 1.29 is 41.2 Å². The molecule has 2 saturated carbocycles. The zero-order valence-corrected chi connectivity index (χ0v) is 30.3. The summed E-state index contributed by atoms with van der Waals surface area (Å²) in [6.45, 7) is 3.30. The van der Waals surface area contributed by atoms with Crippen LogP contribution in [0.2, 0.25) is 0 Å². The summed E-state index contributed by atoms with van der Waals surface area (Å²) in [6.07, 6.45) is 8.53. The Morgan fingerprint density at radius 3 is 2.70 bits per heavy atom. The Hall–Kier alpha value is -4.93. The summed E-state index contributed by atoms with van der Waals surface area (Å²) in [4.78, 5) is 66.0. The van der Waals surface area contributed by atoms with Crippen molar-refractivity contribution >= 4 is 44.7 Å². The molecule has 3 aromatic rings. The number of para-hydroxylation sites is 1. The van der Waals surface area contributed by atoms with E-state index < -0.39 is 73.9 Å². The molecular formula is C36H42FN7O8S. The monoisotopic (exact) mass is 751 g/mol. The van der Waals surface area contributed by atoms with Crippen LogP contribution in [-0.4, -0.2) is 87.1 Å². The minimum absolute atomic E-state index is 0.00721. The number of aromatic nitrogens is 3. The molecule has 0 bridgehead atoms. The topological polar surface area (TPSA) is 203 Å². The van der Waals surface area contributed by atoms with Crippen molar-refractivity contribution in [3.63, 3.8) is 0 Å². The van der Waals surface area contributed by atoms with Gasteiger partial charge in [0.25, 0.3) is 11.8 Å². The molecule has 2 aliphatic carbocycles. The van der Waals surface area contributed by atoms with Crippen LogP contribution >= 0.6 is 0 Å². The van der Waals surface area contributed by atoms with Crippen molar-refractivity contribution in [2.45, 2.75) is 107 Å². The SMILES string of the molecule is CCc1nc2cccc(F)c2nc1O[C@@H]1C[C@H]2C(=O)N[C@]3(C(=O)NS(=O)(=O)C4(C)CC4)CC3/C=C\CCCCC[C@H](NC(=O)c3ccon3)C(=O)N2C1. The first-order valence-corrected chi connectivity index (χ1v) is 19.5. The number of carbonyl (C=O) groups is 4. The van der Waals surface area contributed by atoms with E-state index in [1.807, 2.05) is 19.1 Å². The van der Waals surface area contributed by atoms with Gasteiger partial charge >= 0.3 is 0 Å². The van der Waals surface area contributed by atoms with Gasteiger partial charge in [0.15, 0.2) is 11.5 Å². The number of hydrogen-bond acceptors (Lipinski definition) is 11. The van der Waals surface area contributed by atoms with Crippen molar-refractivity contribution in [3.05, 3.63) is 59.9 Å². The maximum absolute atomic E-state index is 14.8. The van der Waals surface area contributed by atoms with Gasteiger partial charge in [0.1, 0.15) is 41.2 Å². The number of rotatable bonds is 8. The molecule has 4 heterocycles. The molecule has 3 fully saturated rings. The van der Waals surface area contributed by atoms with Gasteiger partial charge in [-0.3, -0.25) is 23.9 Å². The first kappa shape index (κ1) is 36.4. The average molecular weight is 752 g/mol. The van der Waals surface area contributed by atoms with E-state index in [1.54, 1.807) is 13.0 Å². The van der Waals surface area contributed by atoms with E-state index in [0.717, 1.165) is 12.8 Å². The first-order chi connectivity index (χ1) is 25.3. The van der Waals surface area contributed by atoms with Crippen molar-refractivity contribution in [1.82, 2.24) is 35.4 Å². The second-order valence-electron chi connectivity index (χ2n) is 14.6. The number of benzene rings is 1. The predicted molar refractivity (Wildman–Crippen MR) is 187 cm³/mol. The van der Waals surface area contributed by atoms with Crippen LogP contribution in [0.25, 0.3) is 11.0 Å². The smallest absolute Gasteiger partial charge is 0.274 e. The van der Waals surface area contributed by atoms with Crippen LogP contribution in [0.1, 0.15) is 87.8 Å². The minimum atomic E-state index is -4.01. The molecule has 0 radical (unpaired) electrons. The zero-order valence-electron chi connectivity index (χ0n) is 29.5. The molecule has 4 amide bonds. The molecule has 1 aromatic carbocycles. The number of carbonyl (C=O) groups excluding carboxylic acids is 4. The van der Waals surface area contributed by atoms with Gasteiger partial charge in [-0.1, -0.05) is 43.1 Å². The molecule has 282 valence electrons. The van der Waals surface area contributed by atoms with Gasteiger partial charge in [0, 0.05) is 18.4 Å². The van der Waals surface area contributed by atoms with Crippen LogP contribution in [0.15, 0.2) is 47.2 Å². The summed E-state index contributed by atoms with van der Waals surface area (Å²) in [7, 11) is -4.01. The number of amides is 4. The summed E-state index contributed by atoms with van der Waals surface area (Å²) in [5.41, 5.74) is -0.768. The molecule has 7 rings (SSSR count). The second kappa shape index (κ2) is 14.1. The fourth-order valence-corrected chi connectivity index (χ4v) is 8.37. The third-order valence-corrected chi connectivity index (χ3v) is 12.9. The van der Waals surface area contributed by atoms with E-state index >= 15 is 0 Å². The molecule has 2 aliphatic heterocycles. The first-order valence-electron chi connectivity index (χ1n) is 18.0. The molecular weight excluding hydrogens is 710 g/mol. The van der Waals surface area contributed by atoms with E-state index in [4.69, 9.17) is 9.26 Å². The normalized spacial score (nSPS) is 27.7. The summed E-state index contributed by atoms with van der Waals surface area (Å²) in [5, 5.41) is 9.27. The third-order valence-electron chi connectivity index (χ3n) is 10.7. The summed E-state index contributed by atoms with van der Waals surface area (Å²) < 4.78 is 53.3. The number of halogens is 1. The van der Waals surface area contributed by atoms with Crippen molar-refractivity contribution in [2.75, 3.05) is 6.54 Å². The molecule has 1 unspecified atom stereocenters.